The minimum absolute atomic E-state index is 0.176. The first kappa shape index (κ1) is 23.4. The maximum Gasteiger partial charge on any atom is 0.329 e. The van der Waals surface area contributed by atoms with E-state index in [9.17, 15) is 19.5 Å². The number of ether oxygens (including phenoxy) is 1. The number of carbonyl (C=O) groups excluding carboxylic acids is 3. The van der Waals surface area contributed by atoms with Gasteiger partial charge in [-0.2, -0.15) is 0 Å². The minimum atomic E-state index is -2.28. The van der Waals surface area contributed by atoms with Gasteiger partial charge in [0.25, 0.3) is 5.91 Å². The standard InChI is InChI=1S/C22H28N2O6/c1-3-9-17(22(2,28)21(27)24-29)19(25)23-18(14-15-10-5-4-6-11-15)20(26)30-16-12-7-8-13-16/h1,4-6,10-11,16-18,28-29H,7-9,12-14H2,2H3,(H,23,25)(H,24,27)/t17-,18?,22-/m0/s1. The van der Waals surface area contributed by atoms with Crippen LogP contribution in [-0.4, -0.2) is 45.8 Å². The molecule has 0 aromatic heterocycles. The van der Waals surface area contributed by atoms with Gasteiger partial charge in [0, 0.05) is 12.8 Å². The highest BCUT2D eigenvalue weighted by molar-refractivity contribution is 5.93. The Morgan fingerprint density at radius 3 is 2.47 bits per heavy atom. The first-order chi connectivity index (χ1) is 14.3. The second kappa shape index (κ2) is 10.8. The van der Waals surface area contributed by atoms with Gasteiger partial charge in [0.2, 0.25) is 5.91 Å². The summed E-state index contributed by atoms with van der Waals surface area (Å²) in [6.45, 7) is 1.07. The molecule has 8 nitrogen and oxygen atoms in total. The molecule has 162 valence electrons. The van der Waals surface area contributed by atoms with E-state index >= 15 is 0 Å². The lowest BCUT2D eigenvalue weighted by Crippen LogP contribution is -2.56. The smallest absolute Gasteiger partial charge is 0.329 e. The fraction of sp³-hybridized carbons (Fsp3) is 0.500. The van der Waals surface area contributed by atoms with Crippen LogP contribution in [0, 0.1) is 18.3 Å². The Kier molecular flexibility index (Phi) is 8.39. The number of esters is 1. The molecule has 1 aromatic carbocycles. The van der Waals surface area contributed by atoms with Crippen molar-refractivity contribution in [3.8, 4) is 12.3 Å². The summed E-state index contributed by atoms with van der Waals surface area (Å²) in [5.41, 5.74) is -0.141. The molecular formula is C22H28N2O6. The molecule has 4 N–H and O–H groups in total. The van der Waals surface area contributed by atoms with Crippen molar-refractivity contribution in [2.24, 2.45) is 5.92 Å². The Hall–Kier alpha value is -2.89. The quantitative estimate of drug-likeness (QED) is 0.207. The summed E-state index contributed by atoms with van der Waals surface area (Å²) in [4.78, 5) is 37.6. The third kappa shape index (κ3) is 6.05. The molecule has 0 saturated heterocycles. The highest BCUT2D eigenvalue weighted by Gasteiger charge is 2.44. The Labute approximate surface area is 176 Å². The van der Waals surface area contributed by atoms with Crippen LogP contribution in [-0.2, 0) is 25.5 Å². The van der Waals surface area contributed by atoms with E-state index in [-0.39, 0.29) is 18.9 Å². The number of hydroxylamine groups is 1. The van der Waals surface area contributed by atoms with E-state index in [4.69, 9.17) is 16.4 Å². The summed E-state index contributed by atoms with van der Waals surface area (Å²) in [6.07, 6.45) is 8.55. The van der Waals surface area contributed by atoms with Crippen molar-refractivity contribution in [1.82, 2.24) is 10.8 Å². The first-order valence-electron chi connectivity index (χ1n) is 9.94. The number of benzene rings is 1. The number of hydrogen-bond acceptors (Lipinski definition) is 6. The van der Waals surface area contributed by atoms with Crippen molar-refractivity contribution < 1.29 is 29.4 Å². The number of aliphatic hydroxyl groups is 1. The van der Waals surface area contributed by atoms with Crippen molar-refractivity contribution >= 4 is 17.8 Å². The Balaban J connectivity index is 2.21. The van der Waals surface area contributed by atoms with Crippen LogP contribution < -0.4 is 10.8 Å². The molecule has 0 aliphatic heterocycles. The van der Waals surface area contributed by atoms with Gasteiger partial charge in [-0.15, -0.1) is 12.3 Å². The van der Waals surface area contributed by atoms with Gasteiger partial charge in [-0.25, -0.2) is 10.3 Å². The van der Waals surface area contributed by atoms with Gasteiger partial charge in [-0.1, -0.05) is 30.3 Å². The molecule has 1 fully saturated rings. The van der Waals surface area contributed by atoms with E-state index in [1.807, 2.05) is 30.3 Å². The van der Waals surface area contributed by atoms with Crippen LogP contribution in [0.25, 0.3) is 0 Å². The largest absolute Gasteiger partial charge is 0.461 e. The van der Waals surface area contributed by atoms with Crippen molar-refractivity contribution in [3.63, 3.8) is 0 Å². The van der Waals surface area contributed by atoms with Gasteiger partial charge in [-0.05, 0) is 38.2 Å². The highest BCUT2D eigenvalue weighted by atomic mass is 16.5. The number of amides is 2. The van der Waals surface area contributed by atoms with Gasteiger partial charge in [0.15, 0.2) is 5.60 Å². The molecular weight excluding hydrogens is 388 g/mol. The summed E-state index contributed by atoms with van der Waals surface area (Å²) in [6, 6.07) is 8.07. The molecule has 1 aromatic rings. The molecule has 1 saturated carbocycles. The lowest BCUT2D eigenvalue weighted by atomic mass is 9.85. The van der Waals surface area contributed by atoms with Gasteiger partial charge in [-0.3, -0.25) is 14.8 Å². The molecule has 30 heavy (non-hydrogen) atoms. The molecule has 2 amide bonds. The summed E-state index contributed by atoms with van der Waals surface area (Å²) in [5, 5.41) is 21.9. The number of rotatable bonds is 9. The van der Waals surface area contributed by atoms with Crippen molar-refractivity contribution in [1.29, 1.82) is 0 Å². The summed E-state index contributed by atoms with van der Waals surface area (Å²) >= 11 is 0. The second-order valence-corrected chi connectivity index (χ2v) is 7.64. The predicted molar refractivity (Wildman–Crippen MR) is 108 cm³/mol. The van der Waals surface area contributed by atoms with E-state index in [1.54, 1.807) is 0 Å². The van der Waals surface area contributed by atoms with Crippen LogP contribution in [0.3, 0.4) is 0 Å². The monoisotopic (exact) mass is 416 g/mol. The molecule has 0 spiro atoms. The summed E-state index contributed by atoms with van der Waals surface area (Å²) < 4.78 is 5.56. The molecule has 8 heteroatoms. The molecule has 0 heterocycles. The Bertz CT molecular complexity index is 781. The molecule has 3 atom stereocenters. The average molecular weight is 416 g/mol. The summed E-state index contributed by atoms with van der Waals surface area (Å²) in [7, 11) is 0. The van der Waals surface area contributed by atoms with E-state index < -0.39 is 35.3 Å². The zero-order chi connectivity index (χ0) is 22.1. The number of hydrogen-bond donors (Lipinski definition) is 4. The molecule has 0 radical (unpaired) electrons. The van der Waals surface area contributed by atoms with Crippen LogP contribution in [0.15, 0.2) is 30.3 Å². The maximum absolute atomic E-state index is 12.9. The summed E-state index contributed by atoms with van der Waals surface area (Å²) in [5.74, 6) is -1.68. The fourth-order valence-electron chi connectivity index (χ4n) is 3.50. The van der Waals surface area contributed by atoms with E-state index in [1.165, 1.54) is 5.48 Å². The van der Waals surface area contributed by atoms with E-state index in [0.29, 0.717) is 0 Å². The van der Waals surface area contributed by atoms with E-state index in [0.717, 1.165) is 38.2 Å². The Morgan fingerprint density at radius 2 is 1.90 bits per heavy atom. The molecule has 1 aliphatic rings. The van der Waals surface area contributed by atoms with Crippen LogP contribution in [0.5, 0.6) is 0 Å². The second-order valence-electron chi connectivity index (χ2n) is 7.64. The maximum atomic E-state index is 12.9. The average Bonchev–Trinajstić information content (AvgIpc) is 3.24. The molecule has 0 bridgehead atoms. The highest BCUT2D eigenvalue weighted by Crippen LogP contribution is 2.23. The fourth-order valence-corrected chi connectivity index (χ4v) is 3.50. The third-order valence-corrected chi connectivity index (χ3v) is 5.35. The lowest BCUT2D eigenvalue weighted by molar-refractivity contribution is -0.159. The van der Waals surface area contributed by atoms with Crippen LogP contribution in [0.1, 0.15) is 44.6 Å². The molecule has 2 rings (SSSR count). The number of carbonyl (C=O) groups is 3. The van der Waals surface area contributed by atoms with Crippen molar-refractivity contribution in [2.45, 2.75) is 63.2 Å². The normalized spacial score (nSPS) is 17.8. The molecule has 1 unspecified atom stereocenters. The van der Waals surface area contributed by atoms with E-state index in [2.05, 4.69) is 11.2 Å². The zero-order valence-corrected chi connectivity index (χ0v) is 17.0. The first-order valence-corrected chi connectivity index (χ1v) is 9.94. The zero-order valence-electron chi connectivity index (χ0n) is 17.0. The van der Waals surface area contributed by atoms with Crippen LogP contribution >= 0.6 is 0 Å². The van der Waals surface area contributed by atoms with Crippen LogP contribution in [0.2, 0.25) is 0 Å². The number of terminal acetylenes is 1. The molecule has 1 aliphatic carbocycles. The van der Waals surface area contributed by atoms with Crippen LogP contribution in [0.4, 0.5) is 0 Å². The van der Waals surface area contributed by atoms with Crippen molar-refractivity contribution in [3.05, 3.63) is 35.9 Å². The van der Waals surface area contributed by atoms with Gasteiger partial charge in [0.1, 0.15) is 12.1 Å². The van der Waals surface area contributed by atoms with Crippen molar-refractivity contribution in [2.75, 3.05) is 0 Å². The predicted octanol–water partition coefficient (Wildman–Crippen LogP) is 1.10. The Morgan fingerprint density at radius 1 is 1.27 bits per heavy atom. The number of nitrogens with one attached hydrogen (secondary N) is 2. The van der Waals surface area contributed by atoms with Gasteiger partial charge >= 0.3 is 5.97 Å². The third-order valence-electron chi connectivity index (χ3n) is 5.35. The SMILES string of the molecule is C#CC[C@@H](C(=O)NC(Cc1ccccc1)C(=O)OC1CCCC1)[C@](C)(O)C(=O)NO. The van der Waals surface area contributed by atoms with Gasteiger partial charge < -0.3 is 15.2 Å². The topological polar surface area (TPSA) is 125 Å². The van der Waals surface area contributed by atoms with Gasteiger partial charge in [0.05, 0.1) is 5.92 Å². The lowest BCUT2D eigenvalue weighted by Gasteiger charge is -2.30. The minimum Gasteiger partial charge on any atom is -0.461 e.